The van der Waals surface area contributed by atoms with Gasteiger partial charge in [-0.15, -0.1) is 0 Å². The van der Waals surface area contributed by atoms with Crippen LogP contribution in [0.15, 0.2) is 35.6 Å². The molecule has 1 heterocycles. The van der Waals surface area contributed by atoms with Gasteiger partial charge >= 0.3 is 11.9 Å². The molecule has 8 nitrogen and oxygen atoms in total. The Morgan fingerprint density at radius 1 is 1.34 bits per heavy atom. The van der Waals surface area contributed by atoms with Gasteiger partial charge in [-0.3, -0.25) is 4.79 Å². The SMILES string of the molecule is C=C(C/C=C/[C@@](O)(C(=O)O)[C@@H](O)[C@@H](C)CC)CCC(O)=C1C(=O)C[C@@H](C)OC1=O. The van der Waals surface area contributed by atoms with Crippen molar-refractivity contribution in [2.24, 2.45) is 5.92 Å². The second kappa shape index (κ2) is 10.4. The first-order chi connectivity index (χ1) is 13.4. The van der Waals surface area contributed by atoms with E-state index in [1.165, 1.54) is 6.08 Å². The first-order valence-corrected chi connectivity index (χ1v) is 9.58. The molecule has 0 radical (unpaired) electrons. The normalized spacial score (nSPS) is 23.3. The van der Waals surface area contributed by atoms with Crippen LogP contribution in [0.1, 0.15) is 52.9 Å². The number of carboxylic acids is 1. The summed E-state index contributed by atoms with van der Waals surface area (Å²) in [6.07, 6.45) is 1.32. The van der Waals surface area contributed by atoms with Crippen molar-refractivity contribution in [3.05, 3.63) is 35.6 Å². The zero-order valence-electron chi connectivity index (χ0n) is 17.1. The van der Waals surface area contributed by atoms with Crippen molar-refractivity contribution < 1.29 is 39.5 Å². The third kappa shape index (κ3) is 6.27. The van der Waals surface area contributed by atoms with Crippen LogP contribution < -0.4 is 0 Å². The summed E-state index contributed by atoms with van der Waals surface area (Å²) in [6, 6.07) is 0. The molecule has 1 rings (SSSR count). The molecule has 0 saturated carbocycles. The Labute approximate surface area is 170 Å². The van der Waals surface area contributed by atoms with E-state index in [0.717, 1.165) is 6.08 Å². The minimum absolute atomic E-state index is 0.00405. The quantitative estimate of drug-likeness (QED) is 0.141. The van der Waals surface area contributed by atoms with Crippen molar-refractivity contribution in [2.75, 3.05) is 0 Å². The van der Waals surface area contributed by atoms with E-state index >= 15 is 0 Å². The monoisotopic (exact) mass is 410 g/mol. The summed E-state index contributed by atoms with van der Waals surface area (Å²) < 4.78 is 4.95. The van der Waals surface area contributed by atoms with Crippen molar-refractivity contribution >= 4 is 17.7 Å². The Morgan fingerprint density at radius 3 is 2.48 bits per heavy atom. The Hall–Kier alpha value is -2.45. The second-order valence-electron chi connectivity index (χ2n) is 7.48. The molecule has 0 spiro atoms. The molecule has 0 unspecified atom stereocenters. The first kappa shape index (κ1) is 24.6. The van der Waals surface area contributed by atoms with Gasteiger partial charge in [0.2, 0.25) is 5.60 Å². The van der Waals surface area contributed by atoms with Crippen LogP contribution in [-0.2, 0) is 19.1 Å². The lowest BCUT2D eigenvalue weighted by Gasteiger charge is -2.29. The largest absolute Gasteiger partial charge is 0.511 e. The summed E-state index contributed by atoms with van der Waals surface area (Å²) in [7, 11) is 0. The van der Waals surface area contributed by atoms with Gasteiger partial charge in [-0.05, 0) is 31.8 Å². The van der Waals surface area contributed by atoms with Gasteiger partial charge in [-0.1, -0.05) is 38.5 Å². The number of carboxylic acid groups (broad SMARTS) is 1. The molecular formula is C21H30O8. The lowest BCUT2D eigenvalue weighted by molar-refractivity contribution is -0.167. The summed E-state index contributed by atoms with van der Waals surface area (Å²) in [6.45, 7) is 8.81. The third-order valence-corrected chi connectivity index (χ3v) is 5.02. The molecule has 0 aromatic carbocycles. The summed E-state index contributed by atoms with van der Waals surface area (Å²) in [4.78, 5) is 35.2. The van der Waals surface area contributed by atoms with Crippen molar-refractivity contribution in [2.45, 2.75) is 70.7 Å². The molecule has 0 bridgehead atoms. The number of aliphatic carboxylic acids is 1. The second-order valence-corrected chi connectivity index (χ2v) is 7.48. The molecule has 0 aliphatic carbocycles. The van der Waals surface area contributed by atoms with Crippen molar-refractivity contribution in [1.29, 1.82) is 0 Å². The molecule has 8 heteroatoms. The molecule has 1 aliphatic heterocycles. The van der Waals surface area contributed by atoms with E-state index in [1.807, 2.05) is 0 Å². The molecule has 1 aliphatic rings. The molecule has 0 aromatic heterocycles. The van der Waals surface area contributed by atoms with Crippen LogP contribution in [0.3, 0.4) is 0 Å². The van der Waals surface area contributed by atoms with E-state index in [9.17, 15) is 34.8 Å². The standard InChI is InChI=1S/C21H30O8/c1-5-13(3)18(24)21(28,20(26)27)10-6-7-12(2)8-9-15(22)17-16(23)11-14(4)29-19(17)25/h6,10,13-14,18,22,24,28H,2,5,7-9,11H2,1,3-4H3,(H,26,27)/b10-6+,17-15?/t13-,14+,18-,21-/m0/s1. The number of esters is 1. The molecule has 0 amide bonds. The minimum atomic E-state index is -2.42. The maximum atomic E-state index is 11.9. The summed E-state index contributed by atoms with van der Waals surface area (Å²) >= 11 is 0. The van der Waals surface area contributed by atoms with Gasteiger partial charge < -0.3 is 25.2 Å². The maximum Gasteiger partial charge on any atom is 0.345 e. The van der Waals surface area contributed by atoms with Crippen LogP contribution in [0.2, 0.25) is 0 Å². The van der Waals surface area contributed by atoms with Crippen LogP contribution in [0.5, 0.6) is 0 Å². The number of aliphatic hydroxyl groups excluding tert-OH is 2. The average molecular weight is 410 g/mol. The fourth-order valence-corrected chi connectivity index (χ4v) is 2.92. The van der Waals surface area contributed by atoms with E-state index in [0.29, 0.717) is 12.0 Å². The van der Waals surface area contributed by atoms with Crippen molar-refractivity contribution in [3.63, 3.8) is 0 Å². The lowest BCUT2D eigenvalue weighted by Crippen LogP contribution is -2.50. The lowest BCUT2D eigenvalue weighted by atomic mass is 9.85. The summed E-state index contributed by atoms with van der Waals surface area (Å²) in [5, 5.41) is 39.9. The smallest absolute Gasteiger partial charge is 0.345 e. The van der Waals surface area contributed by atoms with Gasteiger partial charge in [0.05, 0.1) is 6.10 Å². The van der Waals surface area contributed by atoms with E-state index < -0.39 is 41.4 Å². The van der Waals surface area contributed by atoms with E-state index in [-0.39, 0.29) is 37.0 Å². The van der Waals surface area contributed by atoms with Gasteiger partial charge in [0.15, 0.2) is 5.78 Å². The van der Waals surface area contributed by atoms with Crippen LogP contribution in [0, 0.1) is 5.92 Å². The molecule has 1 saturated heterocycles. The van der Waals surface area contributed by atoms with Gasteiger partial charge in [-0.2, -0.15) is 0 Å². The molecule has 4 atom stereocenters. The Balaban J connectivity index is 2.73. The summed E-state index contributed by atoms with van der Waals surface area (Å²) in [5.74, 6) is -3.67. The number of Topliss-reactive ketones (excluding diaryl/α,β-unsaturated/α-hetero) is 1. The Kier molecular flexibility index (Phi) is 8.79. The third-order valence-electron chi connectivity index (χ3n) is 5.02. The number of ketones is 1. The Morgan fingerprint density at radius 2 is 1.97 bits per heavy atom. The predicted octanol–water partition coefficient (Wildman–Crippen LogP) is 2.21. The van der Waals surface area contributed by atoms with Crippen LogP contribution in [0.25, 0.3) is 0 Å². The van der Waals surface area contributed by atoms with Gasteiger partial charge in [0.1, 0.15) is 17.4 Å². The number of carbonyl (C=O) groups excluding carboxylic acids is 2. The fourth-order valence-electron chi connectivity index (χ4n) is 2.92. The molecule has 29 heavy (non-hydrogen) atoms. The molecule has 4 N–H and O–H groups in total. The number of hydrogen-bond acceptors (Lipinski definition) is 7. The predicted molar refractivity (Wildman–Crippen MR) is 105 cm³/mol. The fraction of sp³-hybridized carbons (Fsp3) is 0.571. The average Bonchev–Trinajstić information content (AvgIpc) is 2.63. The number of aliphatic hydroxyl groups is 3. The van der Waals surface area contributed by atoms with Gasteiger partial charge in [-0.25, -0.2) is 9.59 Å². The maximum absolute atomic E-state index is 11.9. The molecular weight excluding hydrogens is 380 g/mol. The highest BCUT2D eigenvalue weighted by molar-refractivity contribution is 6.19. The summed E-state index contributed by atoms with van der Waals surface area (Å²) in [5.41, 5.74) is -2.19. The topological polar surface area (TPSA) is 141 Å². The number of hydrogen-bond donors (Lipinski definition) is 4. The zero-order chi connectivity index (χ0) is 22.4. The van der Waals surface area contributed by atoms with Crippen molar-refractivity contribution in [3.8, 4) is 0 Å². The van der Waals surface area contributed by atoms with Gasteiger partial charge in [0, 0.05) is 12.8 Å². The number of allylic oxidation sites excluding steroid dienone is 3. The highest BCUT2D eigenvalue weighted by Gasteiger charge is 2.43. The number of ether oxygens (including phenoxy) is 1. The van der Waals surface area contributed by atoms with Crippen LogP contribution in [0.4, 0.5) is 0 Å². The van der Waals surface area contributed by atoms with Gasteiger partial charge in [0.25, 0.3) is 0 Å². The van der Waals surface area contributed by atoms with Crippen LogP contribution >= 0.6 is 0 Å². The first-order valence-electron chi connectivity index (χ1n) is 9.58. The molecule has 0 aromatic rings. The Bertz CT molecular complexity index is 700. The minimum Gasteiger partial charge on any atom is -0.511 e. The number of carbonyl (C=O) groups is 3. The van der Waals surface area contributed by atoms with Crippen molar-refractivity contribution in [1.82, 2.24) is 0 Å². The highest BCUT2D eigenvalue weighted by Crippen LogP contribution is 2.25. The van der Waals surface area contributed by atoms with E-state index in [1.54, 1.807) is 20.8 Å². The van der Waals surface area contributed by atoms with Crippen LogP contribution in [-0.4, -0.2) is 56.0 Å². The zero-order valence-corrected chi connectivity index (χ0v) is 17.1. The molecule has 1 fully saturated rings. The van der Waals surface area contributed by atoms with E-state index in [2.05, 4.69) is 6.58 Å². The molecule has 162 valence electrons. The number of rotatable bonds is 10. The van der Waals surface area contributed by atoms with E-state index in [4.69, 9.17) is 4.74 Å². The highest BCUT2D eigenvalue weighted by atomic mass is 16.5. The number of cyclic esters (lactones) is 1.